The highest BCUT2D eigenvalue weighted by Crippen LogP contribution is 2.20. The smallest absolute Gasteiger partial charge is 0.325 e. The molecule has 10 heteroatoms. The van der Waals surface area contributed by atoms with E-state index in [1.54, 1.807) is 24.9 Å². The van der Waals surface area contributed by atoms with Gasteiger partial charge in [-0.3, -0.25) is 19.4 Å². The van der Waals surface area contributed by atoms with Gasteiger partial charge in [-0.2, -0.15) is 5.10 Å². The summed E-state index contributed by atoms with van der Waals surface area (Å²) in [6.45, 7) is 5.24. The lowest BCUT2D eigenvalue weighted by atomic mass is 9.99. The van der Waals surface area contributed by atoms with E-state index >= 15 is 0 Å². The van der Waals surface area contributed by atoms with Crippen molar-refractivity contribution >= 4 is 41.9 Å². The Balaban J connectivity index is 0.00000338. The zero-order valence-corrected chi connectivity index (χ0v) is 18.0. The fourth-order valence-electron chi connectivity index (χ4n) is 2.60. The molecule has 2 heterocycles. The fraction of sp³-hybridized carbons (Fsp3) is 0.625. The Morgan fingerprint density at radius 1 is 1.38 bits per heavy atom. The van der Waals surface area contributed by atoms with Gasteiger partial charge < -0.3 is 16.0 Å². The first-order chi connectivity index (χ1) is 11.9. The van der Waals surface area contributed by atoms with Crippen molar-refractivity contribution in [1.82, 2.24) is 30.6 Å². The largest absolute Gasteiger partial charge is 0.356 e. The van der Waals surface area contributed by atoms with Gasteiger partial charge >= 0.3 is 6.03 Å². The number of urea groups is 1. The molecular formula is C16H28IN7O2. The number of guanidine groups is 1. The Labute approximate surface area is 171 Å². The van der Waals surface area contributed by atoms with E-state index in [-0.39, 0.29) is 35.9 Å². The van der Waals surface area contributed by atoms with Crippen molar-refractivity contribution in [3.8, 4) is 0 Å². The molecule has 1 aromatic rings. The Hall–Kier alpha value is -1.85. The van der Waals surface area contributed by atoms with Crippen molar-refractivity contribution in [3.05, 3.63) is 18.0 Å². The van der Waals surface area contributed by atoms with Crippen LogP contribution in [-0.4, -0.2) is 58.3 Å². The minimum atomic E-state index is -0.773. The van der Waals surface area contributed by atoms with Gasteiger partial charge in [0, 0.05) is 33.4 Å². The predicted octanol–water partition coefficient (Wildman–Crippen LogP) is 0.814. The third kappa shape index (κ3) is 5.08. The number of aliphatic imine (C=N–C) groups is 1. The van der Waals surface area contributed by atoms with Gasteiger partial charge in [-0.05, 0) is 25.8 Å². The lowest BCUT2D eigenvalue weighted by Crippen LogP contribution is -2.43. The average Bonchev–Trinajstić information content (AvgIpc) is 3.10. The second-order valence-corrected chi connectivity index (χ2v) is 6.22. The standard InChI is InChI=1S/C16H27N7O2.HI/c1-5-16(2)13(24)23(15(25)21-16)10-6-8-18-14(17-3)19-11-12-7-9-20-22(12)4;/h7,9H,5-6,8,10-11H2,1-4H3,(H,21,25)(H2,17,18,19);1H. The summed E-state index contributed by atoms with van der Waals surface area (Å²) in [6.07, 6.45) is 2.97. The Kier molecular flexibility index (Phi) is 8.31. The second kappa shape index (κ2) is 9.74. The van der Waals surface area contributed by atoms with Gasteiger partial charge in [-0.1, -0.05) is 6.92 Å². The molecule has 146 valence electrons. The SMILES string of the molecule is CCC1(C)NC(=O)N(CCCNC(=NC)NCc2ccnn2C)C1=O.I. The van der Waals surface area contributed by atoms with Crippen LogP contribution in [0.2, 0.25) is 0 Å². The minimum absolute atomic E-state index is 0. The number of nitrogens with zero attached hydrogens (tertiary/aromatic N) is 4. The molecule has 3 amide bonds. The zero-order valence-electron chi connectivity index (χ0n) is 15.7. The maximum Gasteiger partial charge on any atom is 0.325 e. The quantitative estimate of drug-likeness (QED) is 0.177. The average molecular weight is 477 g/mol. The lowest BCUT2D eigenvalue weighted by molar-refractivity contribution is -0.130. The van der Waals surface area contributed by atoms with Gasteiger partial charge in [0.2, 0.25) is 0 Å². The molecule has 0 saturated carbocycles. The molecule has 2 rings (SSSR count). The predicted molar refractivity (Wildman–Crippen MR) is 110 cm³/mol. The third-order valence-electron chi connectivity index (χ3n) is 4.49. The van der Waals surface area contributed by atoms with Crippen LogP contribution in [0.3, 0.4) is 0 Å². The molecule has 3 N–H and O–H groups in total. The first-order valence-electron chi connectivity index (χ1n) is 8.46. The number of aryl methyl sites for hydroxylation is 1. The van der Waals surface area contributed by atoms with E-state index in [1.165, 1.54) is 4.90 Å². The molecule has 1 fully saturated rings. The molecule has 0 aromatic carbocycles. The third-order valence-corrected chi connectivity index (χ3v) is 4.49. The second-order valence-electron chi connectivity index (χ2n) is 6.22. The maximum atomic E-state index is 12.3. The maximum absolute atomic E-state index is 12.3. The molecule has 1 saturated heterocycles. The van der Waals surface area contributed by atoms with Crippen LogP contribution in [0.1, 0.15) is 32.4 Å². The van der Waals surface area contributed by atoms with Gasteiger partial charge in [-0.15, -0.1) is 24.0 Å². The number of hydrogen-bond donors (Lipinski definition) is 3. The highest BCUT2D eigenvalue weighted by Gasteiger charge is 2.45. The molecule has 1 aliphatic heterocycles. The number of imide groups is 1. The van der Waals surface area contributed by atoms with Gasteiger partial charge in [-0.25, -0.2) is 4.79 Å². The highest BCUT2D eigenvalue weighted by atomic mass is 127. The van der Waals surface area contributed by atoms with Gasteiger partial charge in [0.05, 0.1) is 12.2 Å². The fourth-order valence-corrected chi connectivity index (χ4v) is 2.60. The summed E-state index contributed by atoms with van der Waals surface area (Å²) in [5, 5.41) is 13.2. The van der Waals surface area contributed by atoms with E-state index < -0.39 is 5.54 Å². The summed E-state index contributed by atoms with van der Waals surface area (Å²) in [4.78, 5) is 29.7. The number of carbonyl (C=O) groups is 2. The zero-order chi connectivity index (χ0) is 18.4. The van der Waals surface area contributed by atoms with E-state index in [1.807, 2.05) is 20.0 Å². The van der Waals surface area contributed by atoms with Crippen LogP contribution >= 0.6 is 24.0 Å². The van der Waals surface area contributed by atoms with Crippen LogP contribution in [0.4, 0.5) is 4.79 Å². The van der Waals surface area contributed by atoms with Crippen LogP contribution in [0.15, 0.2) is 17.3 Å². The van der Waals surface area contributed by atoms with E-state index in [4.69, 9.17) is 0 Å². The molecule has 9 nitrogen and oxygen atoms in total. The molecule has 1 aromatic heterocycles. The molecule has 0 bridgehead atoms. The summed E-state index contributed by atoms with van der Waals surface area (Å²) in [5.74, 6) is 0.510. The van der Waals surface area contributed by atoms with Crippen molar-refractivity contribution < 1.29 is 9.59 Å². The van der Waals surface area contributed by atoms with E-state index in [9.17, 15) is 9.59 Å². The number of halogens is 1. The van der Waals surface area contributed by atoms with Crippen LogP contribution in [-0.2, 0) is 18.4 Å². The van der Waals surface area contributed by atoms with Crippen molar-refractivity contribution in [2.45, 2.75) is 38.8 Å². The number of carbonyl (C=O) groups excluding carboxylic acids is 2. The monoisotopic (exact) mass is 477 g/mol. The normalized spacial score (nSPS) is 20.0. The lowest BCUT2D eigenvalue weighted by Gasteiger charge is -2.19. The molecule has 1 atom stereocenters. The van der Waals surface area contributed by atoms with Crippen LogP contribution in [0.25, 0.3) is 0 Å². The van der Waals surface area contributed by atoms with Crippen LogP contribution in [0.5, 0.6) is 0 Å². The molecular weight excluding hydrogens is 449 g/mol. The molecule has 1 unspecified atom stereocenters. The molecule has 0 radical (unpaired) electrons. The minimum Gasteiger partial charge on any atom is -0.356 e. The van der Waals surface area contributed by atoms with Gasteiger partial charge in [0.1, 0.15) is 5.54 Å². The van der Waals surface area contributed by atoms with E-state index in [0.29, 0.717) is 38.4 Å². The number of nitrogens with one attached hydrogen (secondary N) is 3. The topological polar surface area (TPSA) is 104 Å². The van der Waals surface area contributed by atoms with E-state index in [2.05, 4.69) is 26.0 Å². The number of aromatic nitrogens is 2. The van der Waals surface area contributed by atoms with Crippen molar-refractivity contribution in [1.29, 1.82) is 0 Å². The molecule has 1 aliphatic rings. The number of rotatable bonds is 7. The molecule has 0 spiro atoms. The van der Waals surface area contributed by atoms with Crippen molar-refractivity contribution in [2.75, 3.05) is 20.1 Å². The number of hydrogen-bond acceptors (Lipinski definition) is 4. The first kappa shape index (κ1) is 22.2. The molecule has 0 aliphatic carbocycles. The van der Waals surface area contributed by atoms with Crippen molar-refractivity contribution in [3.63, 3.8) is 0 Å². The highest BCUT2D eigenvalue weighted by molar-refractivity contribution is 14.0. The molecule has 26 heavy (non-hydrogen) atoms. The Morgan fingerprint density at radius 2 is 2.12 bits per heavy atom. The van der Waals surface area contributed by atoms with Crippen molar-refractivity contribution in [2.24, 2.45) is 12.0 Å². The first-order valence-corrected chi connectivity index (χ1v) is 8.46. The number of amides is 3. The summed E-state index contributed by atoms with van der Waals surface area (Å²) < 4.78 is 1.79. The van der Waals surface area contributed by atoms with Crippen LogP contribution < -0.4 is 16.0 Å². The van der Waals surface area contributed by atoms with Crippen LogP contribution in [0, 0.1) is 0 Å². The summed E-state index contributed by atoms with van der Waals surface area (Å²) in [5.41, 5.74) is 0.270. The Bertz CT molecular complexity index is 661. The summed E-state index contributed by atoms with van der Waals surface area (Å²) in [6, 6.07) is 1.62. The summed E-state index contributed by atoms with van der Waals surface area (Å²) in [7, 11) is 3.58. The summed E-state index contributed by atoms with van der Waals surface area (Å²) >= 11 is 0. The Morgan fingerprint density at radius 3 is 2.65 bits per heavy atom. The van der Waals surface area contributed by atoms with E-state index in [0.717, 1.165) is 5.69 Å². The van der Waals surface area contributed by atoms with Gasteiger partial charge in [0.15, 0.2) is 5.96 Å². The van der Waals surface area contributed by atoms with Gasteiger partial charge in [0.25, 0.3) is 5.91 Å².